The molecule has 0 spiro atoms. The normalized spacial score (nSPS) is 19.1. The number of pyridine rings is 1. The molecule has 0 unspecified atom stereocenters. The number of methoxy groups -OCH3 is 1. The summed E-state index contributed by atoms with van der Waals surface area (Å²) in [5, 5.41) is 13.5. The van der Waals surface area contributed by atoms with E-state index < -0.39 is 12.1 Å². The van der Waals surface area contributed by atoms with Gasteiger partial charge in [0.2, 0.25) is 11.7 Å². The van der Waals surface area contributed by atoms with Crippen molar-refractivity contribution in [3.05, 3.63) is 53.7 Å². The van der Waals surface area contributed by atoms with E-state index >= 15 is 0 Å². The van der Waals surface area contributed by atoms with E-state index in [0.717, 1.165) is 0 Å². The van der Waals surface area contributed by atoms with Crippen LogP contribution >= 0.6 is 0 Å². The maximum absolute atomic E-state index is 14.1. The molecule has 1 fully saturated rings. The van der Waals surface area contributed by atoms with E-state index in [9.17, 15) is 14.4 Å². The highest BCUT2D eigenvalue weighted by Gasteiger charge is 2.41. The number of nitriles is 1. The first-order chi connectivity index (χ1) is 16.5. The summed E-state index contributed by atoms with van der Waals surface area (Å²) in [4.78, 5) is 24.3. The Bertz CT molecular complexity index is 1310. The first kappa shape index (κ1) is 22.9. The molecular formula is C25H22FN5O3. The number of carbonyl (C=O) groups excluding carboxylic acids is 1. The van der Waals surface area contributed by atoms with E-state index in [-0.39, 0.29) is 18.6 Å². The van der Waals surface area contributed by atoms with E-state index in [2.05, 4.69) is 38.2 Å². The number of aromatic nitrogens is 3. The number of nitrogens with one attached hydrogen (secondary N) is 1. The van der Waals surface area contributed by atoms with E-state index in [1.165, 1.54) is 7.11 Å². The van der Waals surface area contributed by atoms with Gasteiger partial charge in [0, 0.05) is 47.7 Å². The lowest BCUT2D eigenvalue weighted by atomic mass is 9.94. The van der Waals surface area contributed by atoms with Crippen molar-refractivity contribution in [2.75, 3.05) is 13.7 Å². The summed E-state index contributed by atoms with van der Waals surface area (Å²) in [6.07, 6.45) is 4.26. The van der Waals surface area contributed by atoms with Crippen molar-refractivity contribution in [1.29, 1.82) is 5.26 Å². The lowest BCUT2D eigenvalue weighted by Crippen LogP contribution is -2.30. The van der Waals surface area contributed by atoms with Crippen LogP contribution in [0.1, 0.15) is 36.7 Å². The Hall–Kier alpha value is -4.24. The smallest absolute Gasteiger partial charge is 0.255 e. The second-order valence-electron chi connectivity index (χ2n) is 7.74. The van der Waals surface area contributed by atoms with E-state index in [1.807, 2.05) is 6.92 Å². The van der Waals surface area contributed by atoms with Gasteiger partial charge in [-0.25, -0.2) is 19.3 Å². The van der Waals surface area contributed by atoms with Crippen LogP contribution in [0, 0.1) is 29.1 Å². The molecule has 3 aromatic rings. The van der Waals surface area contributed by atoms with Gasteiger partial charge in [-0.3, -0.25) is 4.79 Å². The van der Waals surface area contributed by atoms with Gasteiger partial charge in [-0.2, -0.15) is 5.26 Å². The Labute approximate surface area is 196 Å². The molecular weight excluding hydrogens is 437 g/mol. The summed E-state index contributed by atoms with van der Waals surface area (Å²) in [6, 6.07) is 6.89. The van der Waals surface area contributed by atoms with Gasteiger partial charge in [-0.05, 0) is 30.5 Å². The molecule has 0 bridgehead atoms. The summed E-state index contributed by atoms with van der Waals surface area (Å²) in [5.41, 5.74) is 0.919. The number of amides is 1. The Morgan fingerprint density at radius 2 is 1.94 bits per heavy atom. The predicted molar refractivity (Wildman–Crippen MR) is 122 cm³/mol. The molecule has 1 aromatic carbocycles. The molecule has 34 heavy (non-hydrogen) atoms. The van der Waals surface area contributed by atoms with Crippen molar-refractivity contribution in [2.24, 2.45) is 5.92 Å². The first-order valence-electron chi connectivity index (χ1n) is 10.8. The maximum atomic E-state index is 14.1. The topological polar surface area (TPSA) is 110 Å². The number of carbonyl (C=O) groups is 1. The average molecular weight is 459 g/mol. The number of halogens is 1. The third-order valence-electron chi connectivity index (χ3n) is 5.78. The van der Waals surface area contributed by atoms with Crippen LogP contribution in [0.3, 0.4) is 0 Å². The Morgan fingerprint density at radius 3 is 2.65 bits per heavy atom. The monoisotopic (exact) mass is 459 g/mol. The molecule has 0 aliphatic carbocycles. The molecule has 0 saturated carbocycles. The minimum absolute atomic E-state index is 0.224. The molecule has 1 amide bonds. The van der Waals surface area contributed by atoms with Crippen molar-refractivity contribution in [3.63, 3.8) is 0 Å². The Morgan fingerprint density at radius 1 is 1.15 bits per heavy atom. The fraction of sp³-hybridized carbons (Fsp3) is 0.320. The van der Waals surface area contributed by atoms with Crippen LogP contribution in [-0.2, 0) is 4.79 Å². The highest BCUT2D eigenvalue weighted by Crippen LogP contribution is 2.33. The zero-order chi connectivity index (χ0) is 24.1. The van der Waals surface area contributed by atoms with Gasteiger partial charge in [-0.15, -0.1) is 0 Å². The third kappa shape index (κ3) is 4.60. The molecule has 9 heteroatoms. The van der Waals surface area contributed by atoms with E-state index in [4.69, 9.17) is 9.47 Å². The van der Waals surface area contributed by atoms with Gasteiger partial charge >= 0.3 is 0 Å². The summed E-state index contributed by atoms with van der Waals surface area (Å²) in [7, 11) is 1.48. The van der Waals surface area contributed by atoms with Crippen molar-refractivity contribution >= 4 is 16.7 Å². The second kappa shape index (κ2) is 10.1. The van der Waals surface area contributed by atoms with Crippen LogP contribution in [0.2, 0.25) is 0 Å². The minimum Gasteiger partial charge on any atom is -0.495 e. The lowest BCUT2D eigenvalue weighted by Gasteiger charge is -2.18. The number of hydrogen-bond donors (Lipinski definition) is 1. The minimum atomic E-state index is -1.49. The highest BCUT2D eigenvalue weighted by atomic mass is 19.1. The Kier molecular flexibility index (Phi) is 6.84. The molecule has 1 aliphatic rings. The zero-order valence-corrected chi connectivity index (χ0v) is 18.7. The predicted octanol–water partition coefficient (Wildman–Crippen LogP) is 2.94. The maximum Gasteiger partial charge on any atom is 0.255 e. The van der Waals surface area contributed by atoms with Gasteiger partial charge in [0.1, 0.15) is 11.8 Å². The molecule has 1 saturated heterocycles. The highest BCUT2D eigenvalue weighted by molar-refractivity contribution is 5.94. The largest absolute Gasteiger partial charge is 0.495 e. The average Bonchev–Trinajstić information content (AvgIpc) is 3.15. The number of ether oxygens (including phenoxy) is 2. The van der Waals surface area contributed by atoms with E-state index in [1.54, 1.807) is 36.8 Å². The summed E-state index contributed by atoms with van der Waals surface area (Å²) >= 11 is 0. The van der Waals surface area contributed by atoms with Crippen LogP contribution in [0.25, 0.3) is 10.8 Å². The van der Waals surface area contributed by atoms with Crippen molar-refractivity contribution in [1.82, 2.24) is 20.3 Å². The molecule has 3 atom stereocenters. The first-order valence-corrected chi connectivity index (χ1v) is 10.8. The van der Waals surface area contributed by atoms with Gasteiger partial charge in [0.15, 0.2) is 6.17 Å². The fourth-order valence-corrected chi connectivity index (χ4v) is 4.03. The number of alkyl halides is 1. The van der Waals surface area contributed by atoms with Crippen molar-refractivity contribution in [3.8, 4) is 29.5 Å². The van der Waals surface area contributed by atoms with Gasteiger partial charge in [-0.1, -0.05) is 12.8 Å². The van der Waals surface area contributed by atoms with Crippen molar-refractivity contribution < 1.29 is 18.7 Å². The van der Waals surface area contributed by atoms with Crippen LogP contribution < -0.4 is 14.8 Å². The molecule has 1 N–H and O–H groups in total. The Balaban J connectivity index is 1.64. The van der Waals surface area contributed by atoms with Gasteiger partial charge < -0.3 is 14.8 Å². The molecule has 3 heterocycles. The standard InChI is InChI=1S/C25H22FN5O3/c1-3-17-20(31-24(32)23(17)26)7-10-34-25-19-12-21(33-2)16(13-27)11-18(19)15(14-30-25)5-6-22-28-8-4-9-29-22/h4,8-9,11-12,14,17,20,23H,3,7,10H2,1-2H3,(H,31,32)/t17-,20+,23-/m0/s1. The van der Waals surface area contributed by atoms with Gasteiger partial charge in [0.25, 0.3) is 5.91 Å². The lowest BCUT2D eigenvalue weighted by molar-refractivity contribution is -0.123. The number of nitrogens with zero attached hydrogens (tertiary/aromatic N) is 4. The molecule has 0 radical (unpaired) electrons. The van der Waals surface area contributed by atoms with Gasteiger partial charge in [0.05, 0.1) is 24.8 Å². The molecule has 1 aliphatic heterocycles. The van der Waals surface area contributed by atoms with Crippen LogP contribution in [0.5, 0.6) is 11.6 Å². The third-order valence-corrected chi connectivity index (χ3v) is 5.78. The van der Waals surface area contributed by atoms with Crippen LogP contribution in [-0.4, -0.2) is 46.8 Å². The van der Waals surface area contributed by atoms with E-state index in [0.29, 0.717) is 52.2 Å². The molecule has 4 rings (SSSR count). The number of hydrogen-bond acceptors (Lipinski definition) is 7. The quantitative estimate of drug-likeness (QED) is 0.565. The number of benzene rings is 1. The number of fused-ring (bicyclic) bond motifs is 1. The number of rotatable bonds is 6. The fourth-order valence-electron chi connectivity index (χ4n) is 4.03. The van der Waals surface area contributed by atoms with Crippen LogP contribution in [0.15, 0.2) is 36.8 Å². The SMILES string of the molecule is CC[C@@H]1[C@H](F)C(=O)N[C@@H]1CCOc1ncc(C#Cc2ncccn2)c2cc(C#N)c(OC)cc12. The summed E-state index contributed by atoms with van der Waals surface area (Å²) < 4.78 is 25.4. The molecule has 2 aromatic heterocycles. The molecule has 172 valence electrons. The second-order valence-corrected chi connectivity index (χ2v) is 7.74. The van der Waals surface area contributed by atoms with Crippen LogP contribution in [0.4, 0.5) is 4.39 Å². The summed E-state index contributed by atoms with van der Waals surface area (Å²) in [6.45, 7) is 2.08. The van der Waals surface area contributed by atoms with Crippen molar-refractivity contribution in [2.45, 2.75) is 32.0 Å². The molecule has 8 nitrogen and oxygen atoms in total. The zero-order valence-electron chi connectivity index (χ0n) is 18.7. The summed E-state index contributed by atoms with van der Waals surface area (Å²) in [5.74, 6) is 6.03.